The second-order valence-corrected chi connectivity index (χ2v) is 6.27. The monoisotopic (exact) mass is 283 g/mol. The Balaban J connectivity index is 3.11. The maximum Gasteiger partial charge on any atom is 0.0371 e. The zero-order valence-corrected chi connectivity index (χ0v) is 12.5. The van der Waals surface area contributed by atoms with Gasteiger partial charge in [-0.2, -0.15) is 0 Å². The van der Waals surface area contributed by atoms with Crippen molar-refractivity contribution in [3.63, 3.8) is 0 Å². The molecule has 1 aromatic carbocycles. The van der Waals surface area contributed by atoms with Crippen LogP contribution in [-0.2, 0) is 0 Å². The van der Waals surface area contributed by atoms with E-state index in [1.165, 1.54) is 11.1 Å². The lowest BCUT2D eigenvalue weighted by Crippen LogP contribution is -2.32. The van der Waals surface area contributed by atoms with Crippen LogP contribution in [0.25, 0.3) is 0 Å². The summed E-state index contributed by atoms with van der Waals surface area (Å²) >= 11 is 3.51. The minimum Gasteiger partial charge on any atom is -0.310 e. The van der Waals surface area contributed by atoms with Crippen LogP contribution in [0.15, 0.2) is 22.7 Å². The molecular formula is C14H22BrN. The first-order valence-electron chi connectivity index (χ1n) is 5.85. The Morgan fingerprint density at radius 1 is 1.31 bits per heavy atom. The molecule has 0 aliphatic heterocycles. The molecule has 1 nitrogen and oxygen atoms in total. The van der Waals surface area contributed by atoms with Gasteiger partial charge in [-0.25, -0.2) is 0 Å². The van der Waals surface area contributed by atoms with E-state index in [2.05, 4.69) is 74.1 Å². The van der Waals surface area contributed by atoms with Gasteiger partial charge in [0.1, 0.15) is 0 Å². The van der Waals surface area contributed by atoms with E-state index in [0.717, 1.165) is 11.0 Å². The van der Waals surface area contributed by atoms with Crippen molar-refractivity contribution >= 4 is 15.9 Å². The van der Waals surface area contributed by atoms with Gasteiger partial charge in [0.15, 0.2) is 0 Å². The van der Waals surface area contributed by atoms with Crippen molar-refractivity contribution < 1.29 is 0 Å². The first kappa shape index (κ1) is 13.7. The lowest BCUT2D eigenvalue weighted by atomic mass is 9.81. The topological polar surface area (TPSA) is 12.0 Å². The van der Waals surface area contributed by atoms with Gasteiger partial charge in [0.2, 0.25) is 0 Å². The summed E-state index contributed by atoms with van der Waals surface area (Å²) in [6.07, 6.45) is 0. The molecule has 0 bridgehead atoms. The Bertz CT molecular complexity index is 352. The van der Waals surface area contributed by atoms with Gasteiger partial charge >= 0.3 is 0 Å². The van der Waals surface area contributed by atoms with Crippen LogP contribution in [0.1, 0.15) is 44.9 Å². The van der Waals surface area contributed by atoms with Crippen molar-refractivity contribution in [2.45, 2.75) is 40.7 Å². The van der Waals surface area contributed by atoms with Crippen molar-refractivity contribution in [3.8, 4) is 0 Å². The summed E-state index contributed by atoms with van der Waals surface area (Å²) in [5.74, 6) is 0. The highest BCUT2D eigenvalue weighted by molar-refractivity contribution is 9.10. The van der Waals surface area contributed by atoms with E-state index in [1.54, 1.807) is 0 Å². The standard InChI is InChI=1S/C14H22BrN/c1-6-16-13(14(3,4)5)12-8-7-11(15)9-10(12)2/h7-9,13,16H,6H2,1-5H3. The minimum atomic E-state index is 0.231. The normalized spacial score (nSPS) is 13.9. The number of aryl methyl sites for hydroxylation is 1. The molecule has 16 heavy (non-hydrogen) atoms. The first-order valence-corrected chi connectivity index (χ1v) is 6.65. The molecule has 0 heterocycles. The van der Waals surface area contributed by atoms with E-state index in [9.17, 15) is 0 Å². The van der Waals surface area contributed by atoms with Crippen molar-refractivity contribution in [2.75, 3.05) is 6.54 Å². The average molecular weight is 284 g/mol. The molecular weight excluding hydrogens is 262 g/mol. The van der Waals surface area contributed by atoms with Crippen molar-refractivity contribution in [1.82, 2.24) is 5.32 Å². The molecule has 0 aliphatic rings. The molecule has 0 aliphatic carbocycles. The maximum absolute atomic E-state index is 3.58. The fourth-order valence-electron chi connectivity index (χ4n) is 2.05. The van der Waals surface area contributed by atoms with Crippen LogP contribution in [0.5, 0.6) is 0 Å². The molecule has 0 aromatic heterocycles. The van der Waals surface area contributed by atoms with Crippen molar-refractivity contribution in [1.29, 1.82) is 0 Å². The van der Waals surface area contributed by atoms with Gasteiger partial charge in [0.05, 0.1) is 0 Å². The number of nitrogens with one attached hydrogen (secondary N) is 1. The van der Waals surface area contributed by atoms with Crippen LogP contribution < -0.4 is 5.32 Å². The molecule has 1 N–H and O–H groups in total. The molecule has 1 rings (SSSR count). The van der Waals surface area contributed by atoms with E-state index in [1.807, 2.05) is 0 Å². The summed E-state index contributed by atoms with van der Waals surface area (Å²) < 4.78 is 1.15. The third-order valence-corrected chi connectivity index (χ3v) is 3.31. The highest BCUT2D eigenvalue weighted by Gasteiger charge is 2.26. The Hall–Kier alpha value is -0.340. The molecule has 0 radical (unpaired) electrons. The van der Waals surface area contributed by atoms with Crippen molar-refractivity contribution in [3.05, 3.63) is 33.8 Å². The Morgan fingerprint density at radius 3 is 2.38 bits per heavy atom. The largest absolute Gasteiger partial charge is 0.310 e. The van der Waals surface area contributed by atoms with Gasteiger partial charge in [-0.1, -0.05) is 49.7 Å². The van der Waals surface area contributed by atoms with Gasteiger partial charge in [-0.15, -0.1) is 0 Å². The predicted molar refractivity (Wildman–Crippen MR) is 74.8 cm³/mol. The summed E-state index contributed by atoms with van der Waals surface area (Å²) in [6.45, 7) is 12.2. The lowest BCUT2D eigenvalue weighted by Gasteiger charge is -2.33. The van der Waals surface area contributed by atoms with E-state index < -0.39 is 0 Å². The Labute approximate surface area is 108 Å². The number of rotatable bonds is 3. The van der Waals surface area contributed by atoms with Gasteiger partial charge in [-0.05, 0) is 42.1 Å². The zero-order valence-electron chi connectivity index (χ0n) is 10.9. The quantitative estimate of drug-likeness (QED) is 0.864. The zero-order chi connectivity index (χ0) is 12.3. The van der Waals surface area contributed by atoms with E-state index in [0.29, 0.717) is 6.04 Å². The van der Waals surface area contributed by atoms with E-state index >= 15 is 0 Å². The molecule has 0 amide bonds. The fourth-order valence-corrected chi connectivity index (χ4v) is 2.53. The molecule has 0 fully saturated rings. The van der Waals surface area contributed by atoms with Gasteiger partial charge < -0.3 is 5.32 Å². The summed E-state index contributed by atoms with van der Waals surface area (Å²) in [7, 11) is 0. The molecule has 90 valence electrons. The van der Waals surface area contributed by atoms with E-state index in [-0.39, 0.29) is 5.41 Å². The first-order chi connectivity index (χ1) is 7.36. The number of halogens is 1. The average Bonchev–Trinajstić information content (AvgIpc) is 2.13. The molecule has 1 unspecified atom stereocenters. The molecule has 1 atom stereocenters. The molecule has 2 heteroatoms. The third-order valence-electron chi connectivity index (χ3n) is 2.82. The third kappa shape index (κ3) is 3.33. The van der Waals surface area contributed by atoms with Crippen LogP contribution in [0.3, 0.4) is 0 Å². The lowest BCUT2D eigenvalue weighted by molar-refractivity contribution is 0.276. The maximum atomic E-state index is 3.58. The molecule has 0 saturated heterocycles. The minimum absolute atomic E-state index is 0.231. The van der Waals surface area contributed by atoms with Gasteiger partial charge in [0.25, 0.3) is 0 Å². The number of benzene rings is 1. The highest BCUT2D eigenvalue weighted by atomic mass is 79.9. The van der Waals surface area contributed by atoms with E-state index in [4.69, 9.17) is 0 Å². The van der Waals surface area contributed by atoms with Crippen LogP contribution in [0, 0.1) is 12.3 Å². The second kappa shape index (κ2) is 5.33. The van der Waals surface area contributed by atoms with Gasteiger partial charge in [0, 0.05) is 10.5 Å². The summed E-state index contributed by atoms with van der Waals surface area (Å²) in [6, 6.07) is 6.94. The van der Waals surface area contributed by atoms with Crippen molar-refractivity contribution in [2.24, 2.45) is 5.41 Å². The predicted octanol–water partition coefficient (Wildman–Crippen LogP) is 4.45. The highest BCUT2D eigenvalue weighted by Crippen LogP contribution is 2.35. The Kier molecular flexibility index (Phi) is 4.57. The fraction of sp³-hybridized carbons (Fsp3) is 0.571. The SMILES string of the molecule is CCNC(c1ccc(Br)cc1C)C(C)(C)C. The molecule has 1 aromatic rings. The number of hydrogen-bond acceptors (Lipinski definition) is 1. The molecule has 0 spiro atoms. The molecule has 0 saturated carbocycles. The van der Waals surface area contributed by atoms with Crippen LogP contribution in [-0.4, -0.2) is 6.54 Å². The van der Waals surface area contributed by atoms with Crippen LogP contribution in [0.4, 0.5) is 0 Å². The second-order valence-electron chi connectivity index (χ2n) is 5.36. The summed E-state index contributed by atoms with van der Waals surface area (Å²) in [4.78, 5) is 0. The summed E-state index contributed by atoms with van der Waals surface area (Å²) in [5, 5.41) is 3.58. The van der Waals surface area contributed by atoms with Crippen LogP contribution >= 0.6 is 15.9 Å². The van der Waals surface area contributed by atoms with Crippen LogP contribution in [0.2, 0.25) is 0 Å². The summed E-state index contributed by atoms with van der Waals surface area (Å²) in [5.41, 5.74) is 2.97. The number of hydrogen-bond donors (Lipinski definition) is 1. The Morgan fingerprint density at radius 2 is 1.94 bits per heavy atom. The smallest absolute Gasteiger partial charge is 0.0371 e. The van der Waals surface area contributed by atoms with Gasteiger partial charge in [-0.3, -0.25) is 0 Å².